The molecule has 11 heavy (non-hydrogen) atoms. The molecule has 0 saturated carbocycles. The Hall–Kier alpha value is 0.110. The maximum atomic E-state index is 9.82. The van der Waals surface area contributed by atoms with Gasteiger partial charge in [-0.2, -0.15) is 0 Å². The summed E-state index contributed by atoms with van der Waals surface area (Å²) >= 11 is -0.180. The normalized spacial score (nSPS) is 10.3. The number of hydrogen-bond acceptors (Lipinski definition) is 2. The summed E-state index contributed by atoms with van der Waals surface area (Å²) in [6, 6.07) is 0. The second-order valence-corrected chi connectivity index (χ2v) is 3.08. The molecular weight excluding hydrogens is 160 g/mol. The molecule has 0 aromatic carbocycles. The van der Waals surface area contributed by atoms with E-state index in [1.807, 2.05) is 0 Å². The number of unbranched alkanes of at least 4 members (excludes halogenated alkanes) is 5. The Kier molecular flexibility index (Phi) is 10.2. The predicted molar refractivity (Wildman–Crippen MR) is 48.9 cm³/mol. The van der Waals surface area contributed by atoms with Gasteiger partial charge in [-0.1, -0.05) is 39.0 Å². The quantitative estimate of drug-likeness (QED) is 0.455. The van der Waals surface area contributed by atoms with Gasteiger partial charge in [0.05, 0.1) is 6.61 Å². The van der Waals surface area contributed by atoms with Crippen molar-refractivity contribution in [3.8, 4) is 0 Å². The summed E-state index contributed by atoms with van der Waals surface area (Å²) in [4.78, 5) is 0. The molecule has 0 radical (unpaired) electrons. The summed E-state index contributed by atoms with van der Waals surface area (Å²) in [5.41, 5.74) is 0. The zero-order valence-corrected chi connectivity index (χ0v) is 8.11. The lowest BCUT2D eigenvalue weighted by Crippen LogP contribution is -1.88. The van der Waals surface area contributed by atoms with Crippen molar-refractivity contribution < 1.29 is 8.39 Å². The second-order valence-electron chi connectivity index (χ2n) is 2.68. The molecule has 0 aliphatic carbocycles. The first-order valence-electron chi connectivity index (χ1n) is 4.36. The van der Waals surface area contributed by atoms with Crippen LogP contribution in [0.5, 0.6) is 0 Å². The van der Waals surface area contributed by atoms with Gasteiger partial charge in [0, 0.05) is 0 Å². The van der Waals surface area contributed by atoms with Crippen LogP contribution in [0.15, 0.2) is 0 Å². The van der Waals surface area contributed by atoms with Crippen LogP contribution in [0.4, 0.5) is 0 Å². The molecule has 0 bridgehead atoms. The second kappa shape index (κ2) is 10.1. The molecule has 0 amide bonds. The summed E-state index contributed by atoms with van der Waals surface area (Å²) in [6.07, 6.45) is 7.48. The summed E-state index contributed by atoms with van der Waals surface area (Å²) < 4.78 is 14.5. The van der Waals surface area contributed by atoms with E-state index in [4.69, 9.17) is 0 Å². The van der Waals surface area contributed by atoms with E-state index in [1.54, 1.807) is 0 Å². The van der Waals surface area contributed by atoms with Crippen LogP contribution in [0.25, 0.3) is 0 Å². The van der Waals surface area contributed by atoms with Crippen LogP contribution in [0, 0.1) is 0 Å². The highest BCUT2D eigenvalue weighted by Gasteiger charge is 1.88. The van der Waals surface area contributed by atoms with Gasteiger partial charge in [0.2, 0.25) is 0 Å². The maximum absolute atomic E-state index is 9.82. The minimum atomic E-state index is -0.180. The highest BCUT2D eigenvalue weighted by molar-refractivity contribution is 7.60. The van der Waals surface area contributed by atoms with E-state index < -0.39 is 0 Å². The molecule has 0 saturated heterocycles. The van der Waals surface area contributed by atoms with Crippen molar-refractivity contribution >= 4 is 11.9 Å². The molecule has 0 rings (SSSR count). The van der Waals surface area contributed by atoms with Gasteiger partial charge in [-0.05, 0) is 6.42 Å². The van der Waals surface area contributed by atoms with Gasteiger partial charge in [0.15, 0.2) is 0 Å². The summed E-state index contributed by atoms with van der Waals surface area (Å²) in [5, 5.41) is 0. The Morgan fingerprint density at radius 1 is 1.09 bits per heavy atom. The average molecular weight is 178 g/mol. The van der Waals surface area contributed by atoms with Crippen molar-refractivity contribution in [2.24, 2.45) is 0 Å². The Labute approximate surface area is 73.0 Å². The zero-order chi connectivity index (χ0) is 8.36. The molecule has 0 spiro atoms. The highest BCUT2D eigenvalue weighted by atomic mass is 32.2. The highest BCUT2D eigenvalue weighted by Crippen LogP contribution is 2.04. The third-order valence-electron chi connectivity index (χ3n) is 1.64. The van der Waals surface area contributed by atoms with Crippen LogP contribution in [0.2, 0.25) is 0 Å². The van der Waals surface area contributed by atoms with E-state index in [1.165, 1.54) is 32.1 Å². The molecule has 0 aliphatic heterocycles. The molecule has 3 heteroatoms. The van der Waals surface area contributed by atoms with Crippen LogP contribution in [0.1, 0.15) is 45.4 Å². The van der Waals surface area contributed by atoms with Crippen molar-refractivity contribution in [3.63, 3.8) is 0 Å². The van der Waals surface area contributed by atoms with Gasteiger partial charge in [0.1, 0.15) is 11.9 Å². The van der Waals surface area contributed by atoms with Crippen LogP contribution in [-0.2, 0) is 16.1 Å². The van der Waals surface area contributed by atoms with Crippen molar-refractivity contribution in [2.45, 2.75) is 45.4 Å². The van der Waals surface area contributed by atoms with Gasteiger partial charge < -0.3 is 0 Å². The molecule has 0 fully saturated rings. The fraction of sp³-hybridized carbons (Fsp3) is 1.00. The van der Waals surface area contributed by atoms with Crippen LogP contribution >= 0.6 is 0 Å². The van der Waals surface area contributed by atoms with Gasteiger partial charge >= 0.3 is 0 Å². The Balaban J connectivity index is 2.74. The minimum Gasteiger partial charge on any atom is -0.293 e. The molecule has 2 nitrogen and oxygen atoms in total. The van der Waals surface area contributed by atoms with Gasteiger partial charge in [-0.25, -0.2) is 4.21 Å². The van der Waals surface area contributed by atoms with Gasteiger partial charge in [-0.15, -0.1) is 0 Å². The molecule has 0 aromatic heterocycles. The summed E-state index contributed by atoms with van der Waals surface area (Å²) in [6.45, 7) is 2.84. The molecule has 0 N–H and O–H groups in total. The van der Waals surface area contributed by atoms with E-state index >= 15 is 0 Å². The molecular formula is C8H18O2S. The smallest absolute Gasteiger partial charge is 0.142 e. The standard InChI is InChI=1S/C8H18O2S/c1-2-3-4-5-6-7-8-10-11-9/h11H,2-8H2,1H3. The minimum absolute atomic E-state index is 0.180. The summed E-state index contributed by atoms with van der Waals surface area (Å²) in [7, 11) is 0. The van der Waals surface area contributed by atoms with Crippen LogP contribution in [-0.4, -0.2) is 10.8 Å². The molecule has 0 unspecified atom stereocenters. The van der Waals surface area contributed by atoms with Crippen molar-refractivity contribution in [1.82, 2.24) is 0 Å². The van der Waals surface area contributed by atoms with E-state index in [0.29, 0.717) is 6.61 Å². The lowest BCUT2D eigenvalue weighted by atomic mass is 10.1. The third kappa shape index (κ3) is 10.1. The third-order valence-corrected chi connectivity index (χ3v) is 1.93. The van der Waals surface area contributed by atoms with E-state index in [2.05, 4.69) is 11.1 Å². The first kappa shape index (κ1) is 11.1. The van der Waals surface area contributed by atoms with Crippen molar-refractivity contribution in [2.75, 3.05) is 6.61 Å². The Morgan fingerprint density at radius 2 is 1.73 bits per heavy atom. The number of rotatable bonds is 8. The van der Waals surface area contributed by atoms with E-state index in [9.17, 15) is 4.21 Å². The van der Waals surface area contributed by atoms with Crippen LogP contribution in [0.3, 0.4) is 0 Å². The fourth-order valence-corrected chi connectivity index (χ4v) is 1.19. The van der Waals surface area contributed by atoms with Crippen LogP contribution < -0.4 is 0 Å². The lowest BCUT2D eigenvalue weighted by molar-refractivity contribution is 0.342. The maximum Gasteiger partial charge on any atom is 0.142 e. The molecule has 0 aromatic rings. The van der Waals surface area contributed by atoms with E-state index in [0.717, 1.165) is 6.42 Å². The average Bonchev–Trinajstić information content (AvgIpc) is 2.03. The monoisotopic (exact) mass is 178 g/mol. The molecule has 0 aliphatic rings. The zero-order valence-electron chi connectivity index (χ0n) is 7.21. The fourth-order valence-electron chi connectivity index (χ4n) is 0.984. The molecule has 0 atom stereocenters. The van der Waals surface area contributed by atoms with Gasteiger partial charge in [0.25, 0.3) is 0 Å². The molecule has 68 valence electrons. The Bertz CT molecular complexity index is 86.2. The predicted octanol–water partition coefficient (Wildman–Crippen LogP) is 2.22. The van der Waals surface area contributed by atoms with Gasteiger partial charge in [-0.3, -0.25) is 4.18 Å². The summed E-state index contributed by atoms with van der Waals surface area (Å²) in [5.74, 6) is 0. The van der Waals surface area contributed by atoms with Crippen molar-refractivity contribution in [3.05, 3.63) is 0 Å². The number of thiol groups is 1. The number of hydrogen-bond donors (Lipinski definition) is 1. The Morgan fingerprint density at radius 3 is 2.36 bits per heavy atom. The lowest BCUT2D eigenvalue weighted by Gasteiger charge is -1.97. The first-order chi connectivity index (χ1) is 5.41. The topological polar surface area (TPSA) is 26.3 Å². The van der Waals surface area contributed by atoms with Crippen molar-refractivity contribution in [1.29, 1.82) is 0 Å². The molecule has 0 heterocycles. The van der Waals surface area contributed by atoms with E-state index in [-0.39, 0.29) is 11.9 Å². The first-order valence-corrected chi connectivity index (χ1v) is 5.09. The SMILES string of the molecule is CCCCCCCCO[SH]=O. The largest absolute Gasteiger partial charge is 0.293 e.